The Balaban J connectivity index is 2.11. The third-order valence-electron chi connectivity index (χ3n) is 4.33. The normalized spacial score (nSPS) is 11.6. The summed E-state index contributed by atoms with van der Waals surface area (Å²) >= 11 is 0. The van der Waals surface area contributed by atoms with Gasteiger partial charge in [0.2, 0.25) is 0 Å². The lowest BCUT2D eigenvalue weighted by Gasteiger charge is -2.22. The third kappa shape index (κ3) is 3.62. The zero-order valence-corrected chi connectivity index (χ0v) is 16.0. The van der Waals surface area contributed by atoms with Crippen LogP contribution in [0.25, 0.3) is 10.9 Å². The molecular formula is C21H25N3O2. The van der Waals surface area contributed by atoms with Crippen LogP contribution in [0, 0.1) is 0 Å². The van der Waals surface area contributed by atoms with Crippen LogP contribution >= 0.6 is 0 Å². The molecule has 0 aliphatic carbocycles. The number of aryl methyl sites for hydroxylation is 2. The molecule has 3 rings (SSSR count). The molecule has 0 unspecified atom stereocenters. The van der Waals surface area contributed by atoms with Gasteiger partial charge in [-0.25, -0.2) is 9.97 Å². The maximum Gasteiger partial charge on any atom is 0.187 e. The lowest BCUT2D eigenvalue weighted by Crippen LogP contribution is -2.17. The number of pyridine rings is 1. The lowest BCUT2D eigenvalue weighted by molar-refractivity contribution is 0.358. The fraction of sp³-hybridized carbons (Fsp3) is 0.381. The van der Waals surface area contributed by atoms with Crippen molar-refractivity contribution < 1.29 is 9.47 Å². The summed E-state index contributed by atoms with van der Waals surface area (Å²) < 4.78 is 11.1. The Morgan fingerprint density at radius 3 is 2.38 bits per heavy atom. The zero-order valence-electron chi connectivity index (χ0n) is 16.0. The van der Waals surface area contributed by atoms with Crippen molar-refractivity contribution in [3.63, 3.8) is 0 Å². The number of benzene rings is 1. The average Bonchev–Trinajstić information content (AvgIpc) is 2.64. The van der Waals surface area contributed by atoms with E-state index in [2.05, 4.69) is 31.8 Å². The van der Waals surface area contributed by atoms with E-state index in [1.807, 2.05) is 24.4 Å². The summed E-state index contributed by atoms with van der Waals surface area (Å²) in [6, 6.07) is 7.95. The minimum Gasteiger partial charge on any atom is -0.493 e. The van der Waals surface area contributed by atoms with Gasteiger partial charge in [-0.05, 0) is 30.2 Å². The highest BCUT2D eigenvalue weighted by Crippen LogP contribution is 2.38. The first-order chi connectivity index (χ1) is 12.4. The molecule has 136 valence electrons. The highest BCUT2D eigenvalue weighted by Gasteiger charge is 2.23. The highest BCUT2D eigenvalue weighted by molar-refractivity contribution is 5.89. The standard InChI is InChI=1S/C21H25N3O2/c1-21(2,3)20-15-9-10-16(25-4)19(26-5)18(15)23-17(24-20)11-8-14-7-6-12-22-13-14/h6-7,9-10,12-13H,8,11H2,1-5H3. The van der Waals surface area contributed by atoms with Crippen molar-refractivity contribution in [3.05, 3.63) is 53.7 Å². The maximum absolute atomic E-state index is 5.61. The predicted octanol–water partition coefficient (Wildman–Crippen LogP) is 4.12. The Bertz CT molecular complexity index is 903. The van der Waals surface area contributed by atoms with Gasteiger partial charge in [-0.3, -0.25) is 4.98 Å². The number of hydrogen-bond donors (Lipinski definition) is 0. The molecule has 0 bridgehead atoms. The molecule has 0 N–H and O–H groups in total. The van der Waals surface area contributed by atoms with Gasteiger partial charge in [0.25, 0.3) is 0 Å². The Labute approximate surface area is 154 Å². The van der Waals surface area contributed by atoms with E-state index in [4.69, 9.17) is 19.4 Å². The van der Waals surface area contributed by atoms with Gasteiger partial charge in [-0.1, -0.05) is 26.8 Å². The van der Waals surface area contributed by atoms with Crippen LogP contribution < -0.4 is 9.47 Å². The molecule has 0 aliphatic heterocycles. The molecule has 0 spiro atoms. The van der Waals surface area contributed by atoms with E-state index in [0.29, 0.717) is 11.5 Å². The van der Waals surface area contributed by atoms with Gasteiger partial charge in [0.15, 0.2) is 11.5 Å². The molecule has 0 radical (unpaired) electrons. The molecule has 2 heterocycles. The molecule has 5 nitrogen and oxygen atoms in total. The van der Waals surface area contributed by atoms with E-state index in [9.17, 15) is 0 Å². The van der Waals surface area contributed by atoms with E-state index >= 15 is 0 Å². The SMILES string of the molecule is COc1ccc2c(C(C)(C)C)nc(CCc3cccnc3)nc2c1OC. The molecule has 0 aliphatic rings. The molecular weight excluding hydrogens is 326 g/mol. The molecule has 26 heavy (non-hydrogen) atoms. The summed E-state index contributed by atoms with van der Waals surface area (Å²) in [7, 11) is 3.28. The number of fused-ring (bicyclic) bond motifs is 1. The van der Waals surface area contributed by atoms with Crippen molar-refractivity contribution in [2.75, 3.05) is 14.2 Å². The zero-order chi connectivity index (χ0) is 18.7. The molecule has 5 heteroatoms. The first-order valence-electron chi connectivity index (χ1n) is 8.75. The fourth-order valence-electron chi connectivity index (χ4n) is 3.04. The average molecular weight is 351 g/mol. The monoisotopic (exact) mass is 351 g/mol. The van der Waals surface area contributed by atoms with E-state index in [1.165, 1.54) is 5.56 Å². The van der Waals surface area contributed by atoms with Gasteiger partial charge in [-0.15, -0.1) is 0 Å². The van der Waals surface area contributed by atoms with Crippen molar-refractivity contribution in [2.24, 2.45) is 0 Å². The van der Waals surface area contributed by atoms with Gasteiger partial charge in [-0.2, -0.15) is 0 Å². The smallest absolute Gasteiger partial charge is 0.187 e. The van der Waals surface area contributed by atoms with Gasteiger partial charge in [0.1, 0.15) is 11.3 Å². The molecule has 3 aromatic rings. The van der Waals surface area contributed by atoms with Crippen LogP contribution in [-0.2, 0) is 18.3 Å². The van der Waals surface area contributed by atoms with E-state index < -0.39 is 0 Å². The predicted molar refractivity (Wildman–Crippen MR) is 103 cm³/mol. The van der Waals surface area contributed by atoms with E-state index in [-0.39, 0.29) is 5.41 Å². The Morgan fingerprint density at radius 2 is 1.77 bits per heavy atom. The van der Waals surface area contributed by atoms with Crippen molar-refractivity contribution >= 4 is 10.9 Å². The second-order valence-electron chi connectivity index (χ2n) is 7.30. The Hall–Kier alpha value is -2.69. The molecule has 1 aromatic carbocycles. The second-order valence-corrected chi connectivity index (χ2v) is 7.30. The summed E-state index contributed by atoms with van der Waals surface area (Å²) in [4.78, 5) is 13.9. The summed E-state index contributed by atoms with van der Waals surface area (Å²) in [5, 5.41) is 1.00. The van der Waals surface area contributed by atoms with Crippen LogP contribution in [0.2, 0.25) is 0 Å². The number of nitrogens with zero attached hydrogens (tertiary/aromatic N) is 3. The summed E-state index contributed by atoms with van der Waals surface area (Å²) in [6.07, 6.45) is 5.25. The fourth-order valence-corrected chi connectivity index (χ4v) is 3.04. The van der Waals surface area contributed by atoms with Crippen molar-refractivity contribution in [3.8, 4) is 11.5 Å². The minimum absolute atomic E-state index is 0.107. The molecule has 0 saturated heterocycles. The number of hydrogen-bond acceptors (Lipinski definition) is 5. The van der Waals surface area contributed by atoms with Gasteiger partial charge >= 0.3 is 0 Å². The molecule has 0 amide bonds. The number of rotatable bonds is 5. The Kier molecular flexibility index (Phi) is 5.07. The van der Waals surface area contributed by atoms with Crippen molar-refractivity contribution in [1.29, 1.82) is 0 Å². The van der Waals surface area contributed by atoms with Crippen LogP contribution in [0.5, 0.6) is 11.5 Å². The van der Waals surface area contributed by atoms with Crippen LogP contribution in [0.15, 0.2) is 36.7 Å². The minimum atomic E-state index is -0.107. The largest absolute Gasteiger partial charge is 0.493 e. The topological polar surface area (TPSA) is 57.1 Å². The molecule has 0 saturated carbocycles. The van der Waals surface area contributed by atoms with Gasteiger partial charge < -0.3 is 9.47 Å². The third-order valence-corrected chi connectivity index (χ3v) is 4.33. The second kappa shape index (κ2) is 7.28. The summed E-state index contributed by atoms with van der Waals surface area (Å²) in [5.74, 6) is 2.13. The molecule has 2 aromatic heterocycles. The first kappa shape index (κ1) is 18.1. The van der Waals surface area contributed by atoms with E-state index in [1.54, 1.807) is 20.4 Å². The maximum atomic E-state index is 5.61. The number of ether oxygens (including phenoxy) is 2. The number of aromatic nitrogens is 3. The number of methoxy groups -OCH3 is 2. The van der Waals surface area contributed by atoms with E-state index in [0.717, 1.165) is 35.3 Å². The molecule has 0 fully saturated rings. The lowest BCUT2D eigenvalue weighted by atomic mass is 9.89. The summed E-state index contributed by atoms with van der Waals surface area (Å²) in [5.41, 5.74) is 2.88. The van der Waals surface area contributed by atoms with Crippen LogP contribution in [0.4, 0.5) is 0 Å². The van der Waals surface area contributed by atoms with Crippen LogP contribution in [0.3, 0.4) is 0 Å². The summed E-state index contributed by atoms with van der Waals surface area (Å²) in [6.45, 7) is 6.49. The van der Waals surface area contributed by atoms with Gasteiger partial charge in [0.05, 0.1) is 19.9 Å². The quantitative estimate of drug-likeness (QED) is 0.692. The van der Waals surface area contributed by atoms with Crippen molar-refractivity contribution in [1.82, 2.24) is 15.0 Å². The molecule has 0 atom stereocenters. The first-order valence-corrected chi connectivity index (χ1v) is 8.75. The van der Waals surface area contributed by atoms with Crippen LogP contribution in [-0.4, -0.2) is 29.2 Å². The van der Waals surface area contributed by atoms with Gasteiger partial charge in [0, 0.05) is 29.6 Å². The van der Waals surface area contributed by atoms with Crippen LogP contribution in [0.1, 0.15) is 37.9 Å². The highest BCUT2D eigenvalue weighted by atomic mass is 16.5. The Morgan fingerprint density at radius 1 is 0.962 bits per heavy atom. The van der Waals surface area contributed by atoms with Crippen molar-refractivity contribution in [2.45, 2.75) is 39.0 Å².